The van der Waals surface area contributed by atoms with Crippen LogP contribution in [0.15, 0.2) is 42.5 Å². The van der Waals surface area contributed by atoms with Gasteiger partial charge in [-0.1, -0.05) is 29.8 Å². The largest absolute Gasteiger partial charge is 0.495 e. The van der Waals surface area contributed by atoms with Gasteiger partial charge in [0.1, 0.15) is 5.75 Å². The van der Waals surface area contributed by atoms with Crippen molar-refractivity contribution in [3.8, 4) is 5.75 Å². The highest BCUT2D eigenvalue weighted by molar-refractivity contribution is 6.22. The van der Waals surface area contributed by atoms with Crippen LogP contribution in [0, 0.1) is 13.8 Å². The van der Waals surface area contributed by atoms with Gasteiger partial charge in [-0.2, -0.15) is 0 Å². The number of ether oxygens (including phenoxy) is 1. The van der Waals surface area contributed by atoms with Gasteiger partial charge in [-0.05, 0) is 37.6 Å². The minimum atomic E-state index is -0.372. The molecule has 2 aliphatic heterocycles. The molecular formula is C23H27N3O3. The van der Waals surface area contributed by atoms with Crippen molar-refractivity contribution in [2.24, 2.45) is 0 Å². The lowest BCUT2D eigenvalue weighted by atomic mass is 10.1. The predicted molar refractivity (Wildman–Crippen MR) is 114 cm³/mol. The molecule has 0 aliphatic carbocycles. The first-order valence-electron chi connectivity index (χ1n) is 10.1. The second kappa shape index (κ2) is 7.87. The quantitative estimate of drug-likeness (QED) is 0.748. The lowest BCUT2D eigenvalue weighted by molar-refractivity contribution is -0.123. The van der Waals surface area contributed by atoms with E-state index in [0.29, 0.717) is 5.69 Å². The van der Waals surface area contributed by atoms with Crippen LogP contribution in [0.25, 0.3) is 0 Å². The van der Waals surface area contributed by atoms with Crippen molar-refractivity contribution in [3.05, 3.63) is 53.6 Å². The zero-order valence-corrected chi connectivity index (χ0v) is 17.2. The minimum absolute atomic E-state index is 0.104. The lowest BCUT2D eigenvalue weighted by Gasteiger charge is -2.38. The molecule has 6 heteroatoms. The number of hydrogen-bond donors (Lipinski definition) is 0. The molecule has 29 heavy (non-hydrogen) atoms. The standard InChI is InChI=1S/C23H27N3O3/c1-16-8-9-18(17(2)14-16)26-22(27)15-20(23(26)28)25-12-10-24(11-13-25)19-6-4-5-7-21(19)29-3/h4-9,14,20H,10-13,15H2,1-3H3/t20-/m0/s1. The monoisotopic (exact) mass is 393 g/mol. The van der Waals surface area contributed by atoms with Crippen LogP contribution in [-0.2, 0) is 9.59 Å². The van der Waals surface area contributed by atoms with E-state index in [-0.39, 0.29) is 24.3 Å². The molecule has 152 valence electrons. The summed E-state index contributed by atoms with van der Waals surface area (Å²) < 4.78 is 5.48. The van der Waals surface area contributed by atoms with E-state index in [1.54, 1.807) is 7.11 Å². The highest BCUT2D eigenvalue weighted by Gasteiger charge is 2.43. The number of hydrogen-bond acceptors (Lipinski definition) is 5. The number of amides is 2. The van der Waals surface area contributed by atoms with Crippen LogP contribution in [-0.4, -0.2) is 56.0 Å². The first kappa shape index (κ1) is 19.5. The number of carbonyl (C=O) groups is 2. The molecule has 0 bridgehead atoms. The number of benzene rings is 2. The fourth-order valence-electron chi connectivity index (χ4n) is 4.38. The molecule has 0 radical (unpaired) electrons. The molecule has 2 fully saturated rings. The van der Waals surface area contributed by atoms with Crippen LogP contribution < -0.4 is 14.5 Å². The van der Waals surface area contributed by atoms with Crippen molar-refractivity contribution >= 4 is 23.2 Å². The molecule has 2 aliphatic rings. The van der Waals surface area contributed by atoms with E-state index in [0.717, 1.165) is 48.7 Å². The molecule has 0 aromatic heterocycles. The van der Waals surface area contributed by atoms with Gasteiger partial charge in [-0.15, -0.1) is 0 Å². The van der Waals surface area contributed by atoms with Crippen LogP contribution in [0.5, 0.6) is 5.75 Å². The number of anilines is 2. The van der Waals surface area contributed by atoms with Crippen molar-refractivity contribution in [2.75, 3.05) is 43.1 Å². The second-order valence-electron chi connectivity index (χ2n) is 7.77. The zero-order chi connectivity index (χ0) is 20.5. The Morgan fingerprint density at radius 2 is 1.66 bits per heavy atom. The van der Waals surface area contributed by atoms with E-state index in [2.05, 4.69) is 15.9 Å². The Labute approximate surface area is 171 Å². The number of rotatable bonds is 4. The molecule has 2 aromatic rings. The van der Waals surface area contributed by atoms with Gasteiger partial charge >= 0.3 is 0 Å². The van der Waals surface area contributed by atoms with Gasteiger partial charge in [0.25, 0.3) is 5.91 Å². The van der Waals surface area contributed by atoms with Gasteiger partial charge in [0.15, 0.2) is 0 Å². The molecule has 4 rings (SSSR count). The average molecular weight is 393 g/mol. The Balaban J connectivity index is 1.47. The van der Waals surface area contributed by atoms with Gasteiger partial charge in [0.2, 0.25) is 5.91 Å². The van der Waals surface area contributed by atoms with Crippen LogP contribution in [0.2, 0.25) is 0 Å². The Hall–Kier alpha value is -2.86. The van der Waals surface area contributed by atoms with E-state index in [1.807, 2.05) is 50.2 Å². The van der Waals surface area contributed by atoms with E-state index >= 15 is 0 Å². The Kier molecular flexibility index (Phi) is 5.28. The normalized spacial score (nSPS) is 20.4. The third-order valence-corrected chi connectivity index (χ3v) is 5.90. The van der Waals surface area contributed by atoms with E-state index in [4.69, 9.17) is 4.74 Å². The Bertz CT molecular complexity index is 935. The maximum absolute atomic E-state index is 13.1. The van der Waals surface area contributed by atoms with Crippen LogP contribution in [0.4, 0.5) is 11.4 Å². The summed E-state index contributed by atoms with van der Waals surface area (Å²) in [4.78, 5) is 31.6. The van der Waals surface area contributed by atoms with Crippen molar-refractivity contribution in [1.29, 1.82) is 0 Å². The average Bonchev–Trinajstić information content (AvgIpc) is 3.02. The zero-order valence-electron chi connectivity index (χ0n) is 17.2. The van der Waals surface area contributed by atoms with E-state index in [1.165, 1.54) is 4.90 Å². The molecule has 2 aromatic carbocycles. The van der Waals surface area contributed by atoms with Gasteiger partial charge in [0, 0.05) is 26.2 Å². The number of methoxy groups -OCH3 is 1. The van der Waals surface area contributed by atoms with Crippen LogP contribution in [0.1, 0.15) is 17.5 Å². The molecule has 0 spiro atoms. The third kappa shape index (κ3) is 3.60. The number of carbonyl (C=O) groups excluding carboxylic acids is 2. The maximum Gasteiger partial charge on any atom is 0.251 e. The molecule has 0 N–H and O–H groups in total. The number of nitrogens with zero attached hydrogens (tertiary/aromatic N) is 3. The highest BCUT2D eigenvalue weighted by atomic mass is 16.5. The lowest BCUT2D eigenvalue weighted by Crippen LogP contribution is -2.52. The molecule has 2 amide bonds. The SMILES string of the molecule is COc1ccccc1N1CCN([C@H]2CC(=O)N(c3ccc(C)cc3C)C2=O)CC1. The van der Waals surface area contributed by atoms with Gasteiger partial charge < -0.3 is 9.64 Å². The molecule has 2 heterocycles. The molecule has 0 saturated carbocycles. The van der Waals surface area contributed by atoms with E-state index < -0.39 is 0 Å². The molecule has 1 atom stereocenters. The molecular weight excluding hydrogens is 366 g/mol. The third-order valence-electron chi connectivity index (χ3n) is 5.90. The number of para-hydroxylation sites is 2. The fraction of sp³-hybridized carbons (Fsp3) is 0.391. The summed E-state index contributed by atoms with van der Waals surface area (Å²) in [5.74, 6) is 0.640. The molecule has 2 saturated heterocycles. The van der Waals surface area contributed by atoms with E-state index in [9.17, 15) is 9.59 Å². The summed E-state index contributed by atoms with van der Waals surface area (Å²) in [6.45, 7) is 7.02. The highest BCUT2D eigenvalue weighted by Crippen LogP contribution is 2.31. The second-order valence-corrected chi connectivity index (χ2v) is 7.77. The fourth-order valence-corrected chi connectivity index (χ4v) is 4.38. The summed E-state index contributed by atoms with van der Waals surface area (Å²) in [5.41, 5.74) is 3.85. The number of aryl methyl sites for hydroxylation is 2. The summed E-state index contributed by atoms with van der Waals surface area (Å²) >= 11 is 0. The van der Waals surface area contributed by atoms with Gasteiger partial charge in [-0.3, -0.25) is 14.5 Å². The first-order chi connectivity index (χ1) is 14.0. The molecule has 6 nitrogen and oxygen atoms in total. The number of piperazine rings is 1. The van der Waals surface area contributed by atoms with Crippen molar-refractivity contribution in [3.63, 3.8) is 0 Å². The first-order valence-corrected chi connectivity index (χ1v) is 10.1. The van der Waals surface area contributed by atoms with Crippen LogP contribution in [0.3, 0.4) is 0 Å². The van der Waals surface area contributed by atoms with Crippen molar-refractivity contribution < 1.29 is 14.3 Å². The Morgan fingerprint density at radius 3 is 2.34 bits per heavy atom. The predicted octanol–water partition coefficient (Wildman–Crippen LogP) is 2.77. The van der Waals surface area contributed by atoms with Crippen molar-refractivity contribution in [1.82, 2.24) is 4.90 Å². The number of imide groups is 1. The summed E-state index contributed by atoms with van der Waals surface area (Å²) in [6.07, 6.45) is 0.251. The summed E-state index contributed by atoms with van der Waals surface area (Å²) in [6, 6.07) is 13.4. The Morgan fingerprint density at radius 1 is 0.931 bits per heavy atom. The summed E-state index contributed by atoms with van der Waals surface area (Å²) in [7, 11) is 1.68. The maximum atomic E-state index is 13.1. The van der Waals surface area contributed by atoms with Crippen molar-refractivity contribution in [2.45, 2.75) is 26.3 Å². The van der Waals surface area contributed by atoms with Gasteiger partial charge in [0.05, 0.1) is 30.9 Å². The van der Waals surface area contributed by atoms with Crippen LogP contribution >= 0.6 is 0 Å². The summed E-state index contributed by atoms with van der Waals surface area (Å²) in [5, 5.41) is 0. The topological polar surface area (TPSA) is 53.1 Å². The smallest absolute Gasteiger partial charge is 0.251 e. The molecule has 0 unspecified atom stereocenters. The minimum Gasteiger partial charge on any atom is -0.495 e. The van der Waals surface area contributed by atoms with Gasteiger partial charge in [-0.25, -0.2) is 4.90 Å².